The van der Waals surface area contributed by atoms with Gasteiger partial charge >= 0.3 is 0 Å². The minimum absolute atomic E-state index is 0.0748. The van der Waals surface area contributed by atoms with Crippen LogP contribution in [0.2, 0.25) is 0 Å². The van der Waals surface area contributed by atoms with E-state index < -0.39 is 6.04 Å². The first-order valence-corrected chi connectivity index (χ1v) is 8.57. The van der Waals surface area contributed by atoms with E-state index in [2.05, 4.69) is 15.6 Å². The van der Waals surface area contributed by atoms with Gasteiger partial charge in [-0.15, -0.1) is 0 Å². The number of anilines is 1. The summed E-state index contributed by atoms with van der Waals surface area (Å²) in [7, 11) is 0. The van der Waals surface area contributed by atoms with Crippen LogP contribution in [-0.4, -0.2) is 53.8 Å². The van der Waals surface area contributed by atoms with Crippen molar-refractivity contribution in [2.45, 2.75) is 12.5 Å². The Balaban J connectivity index is 1.64. The molecule has 0 spiro atoms. The van der Waals surface area contributed by atoms with E-state index in [1.807, 2.05) is 18.2 Å². The van der Waals surface area contributed by atoms with Gasteiger partial charge in [0, 0.05) is 44.1 Å². The fraction of sp³-hybridized carbons (Fsp3) is 0.316. The van der Waals surface area contributed by atoms with Crippen LogP contribution >= 0.6 is 0 Å². The molecular formula is C19H20N4O2. The molecule has 2 aliphatic heterocycles. The summed E-state index contributed by atoms with van der Waals surface area (Å²) in [6, 6.07) is 8.77. The molecule has 2 aromatic rings. The number of nitrogens with zero attached hydrogens (tertiary/aromatic N) is 2. The molecule has 0 radical (unpaired) electrons. The summed E-state index contributed by atoms with van der Waals surface area (Å²) in [5.41, 5.74) is 3.26. The molecule has 128 valence electrons. The molecule has 25 heavy (non-hydrogen) atoms. The Bertz CT molecular complexity index is 806. The van der Waals surface area contributed by atoms with Crippen molar-refractivity contribution in [2.75, 3.05) is 31.5 Å². The maximum atomic E-state index is 13.2. The number of benzene rings is 1. The molecular weight excluding hydrogens is 316 g/mol. The van der Waals surface area contributed by atoms with Gasteiger partial charge in [0.15, 0.2) is 5.78 Å². The lowest BCUT2D eigenvalue weighted by Crippen LogP contribution is -2.57. The molecule has 1 aromatic carbocycles. The fourth-order valence-corrected chi connectivity index (χ4v) is 3.55. The van der Waals surface area contributed by atoms with Crippen LogP contribution in [0.5, 0.6) is 0 Å². The van der Waals surface area contributed by atoms with E-state index >= 15 is 0 Å². The fourth-order valence-electron chi connectivity index (χ4n) is 3.55. The van der Waals surface area contributed by atoms with E-state index in [4.69, 9.17) is 0 Å². The van der Waals surface area contributed by atoms with Crippen LogP contribution in [0, 0.1) is 0 Å². The van der Waals surface area contributed by atoms with Crippen molar-refractivity contribution < 1.29 is 9.59 Å². The maximum absolute atomic E-state index is 13.2. The Morgan fingerprint density at radius 3 is 2.92 bits per heavy atom. The average Bonchev–Trinajstić information content (AvgIpc) is 3.16. The summed E-state index contributed by atoms with van der Waals surface area (Å²) in [4.78, 5) is 31.8. The van der Waals surface area contributed by atoms with Crippen LogP contribution in [0.25, 0.3) is 0 Å². The van der Waals surface area contributed by atoms with Gasteiger partial charge < -0.3 is 15.5 Å². The predicted molar refractivity (Wildman–Crippen MR) is 94.9 cm³/mol. The Morgan fingerprint density at radius 1 is 1.16 bits per heavy atom. The molecule has 1 saturated heterocycles. The van der Waals surface area contributed by atoms with Crippen molar-refractivity contribution in [1.82, 2.24) is 15.2 Å². The smallest absolute Gasteiger partial charge is 0.256 e. The zero-order valence-electron chi connectivity index (χ0n) is 13.9. The third-order valence-electron chi connectivity index (χ3n) is 4.83. The largest absolute Gasteiger partial charge is 0.384 e. The predicted octanol–water partition coefficient (Wildman–Crippen LogP) is 1.35. The van der Waals surface area contributed by atoms with Crippen molar-refractivity contribution in [1.29, 1.82) is 0 Å². The number of aromatic nitrogens is 1. The van der Waals surface area contributed by atoms with Crippen LogP contribution < -0.4 is 10.6 Å². The summed E-state index contributed by atoms with van der Waals surface area (Å²) < 4.78 is 0. The second-order valence-corrected chi connectivity index (χ2v) is 6.34. The van der Waals surface area contributed by atoms with Gasteiger partial charge in [0.25, 0.3) is 5.91 Å². The highest BCUT2D eigenvalue weighted by Crippen LogP contribution is 2.28. The highest BCUT2D eigenvalue weighted by Gasteiger charge is 2.34. The van der Waals surface area contributed by atoms with Gasteiger partial charge in [0.2, 0.25) is 0 Å². The first-order valence-electron chi connectivity index (χ1n) is 8.57. The summed E-state index contributed by atoms with van der Waals surface area (Å²) in [5, 5.41) is 6.53. The van der Waals surface area contributed by atoms with E-state index in [-0.39, 0.29) is 11.7 Å². The van der Waals surface area contributed by atoms with Crippen molar-refractivity contribution in [3.63, 3.8) is 0 Å². The van der Waals surface area contributed by atoms with Crippen LogP contribution in [0.3, 0.4) is 0 Å². The van der Waals surface area contributed by atoms with Crippen LogP contribution in [0.15, 0.2) is 42.7 Å². The Kier molecular flexibility index (Phi) is 4.19. The van der Waals surface area contributed by atoms with Crippen molar-refractivity contribution in [2.24, 2.45) is 0 Å². The van der Waals surface area contributed by atoms with E-state index in [0.29, 0.717) is 30.8 Å². The number of carbonyl (C=O) groups is 2. The van der Waals surface area contributed by atoms with Gasteiger partial charge in [0.05, 0.1) is 11.3 Å². The Hall–Kier alpha value is -2.73. The number of ketones is 1. The van der Waals surface area contributed by atoms with E-state index in [9.17, 15) is 9.59 Å². The zero-order chi connectivity index (χ0) is 17.2. The van der Waals surface area contributed by atoms with Crippen LogP contribution in [0.4, 0.5) is 5.69 Å². The lowest BCUT2D eigenvalue weighted by Gasteiger charge is -2.35. The number of amides is 1. The standard InChI is InChI=1S/C19H20N4O2/c24-18(14-4-2-7-20-11-14)16-12-21-9-10-23(16)19(25)15-5-1-3-13-6-8-22-17(13)15/h1-5,7,11,16,21-22H,6,8-10,12H2. The molecule has 1 unspecified atom stereocenters. The molecule has 1 aromatic heterocycles. The molecule has 1 fully saturated rings. The maximum Gasteiger partial charge on any atom is 0.256 e. The molecule has 2 aliphatic rings. The van der Waals surface area contributed by atoms with Gasteiger partial charge in [-0.1, -0.05) is 12.1 Å². The molecule has 4 rings (SSSR count). The number of hydrogen-bond acceptors (Lipinski definition) is 5. The summed E-state index contributed by atoms with van der Waals surface area (Å²) in [6.45, 7) is 2.51. The van der Waals surface area contributed by atoms with Gasteiger partial charge in [0.1, 0.15) is 6.04 Å². The Labute approximate surface area is 146 Å². The molecule has 0 aliphatic carbocycles. The molecule has 6 heteroatoms. The van der Waals surface area contributed by atoms with E-state index in [1.165, 1.54) is 0 Å². The summed E-state index contributed by atoms with van der Waals surface area (Å²) in [5.74, 6) is -0.163. The van der Waals surface area contributed by atoms with Crippen LogP contribution in [0.1, 0.15) is 26.3 Å². The molecule has 1 atom stereocenters. The number of hydrogen-bond donors (Lipinski definition) is 2. The van der Waals surface area contributed by atoms with E-state index in [0.717, 1.165) is 24.2 Å². The van der Waals surface area contributed by atoms with Crippen molar-refractivity contribution in [3.05, 3.63) is 59.4 Å². The van der Waals surface area contributed by atoms with Crippen molar-refractivity contribution in [3.8, 4) is 0 Å². The minimum atomic E-state index is -0.511. The molecule has 1 amide bonds. The summed E-state index contributed by atoms with van der Waals surface area (Å²) in [6.07, 6.45) is 4.12. The first-order chi connectivity index (χ1) is 12.3. The number of para-hydroxylation sites is 1. The van der Waals surface area contributed by atoms with Crippen molar-refractivity contribution >= 4 is 17.4 Å². The average molecular weight is 336 g/mol. The number of pyridine rings is 1. The van der Waals surface area contributed by atoms with E-state index in [1.54, 1.807) is 29.4 Å². The van der Waals surface area contributed by atoms with Gasteiger partial charge in [-0.2, -0.15) is 0 Å². The lowest BCUT2D eigenvalue weighted by atomic mass is 10.00. The molecule has 0 saturated carbocycles. The number of nitrogens with one attached hydrogen (secondary N) is 2. The number of Topliss-reactive ketones (excluding diaryl/α,β-unsaturated/α-hetero) is 1. The molecule has 2 N–H and O–H groups in total. The quantitative estimate of drug-likeness (QED) is 0.828. The highest BCUT2D eigenvalue weighted by molar-refractivity contribution is 6.06. The third-order valence-corrected chi connectivity index (χ3v) is 4.83. The van der Waals surface area contributed by atoms with Gasteiger partial charge in [-0.25, -0.2) is 0 Å². The summed E-state index contributed by atoms with van der Waals surface area (Å²) >= 11 is 0. The zero-order valence-corrected chi connectivity index (χ0v) is 13.9. The van der Waals surface area contributed by atoms with Gasteiger partial charge in [-0.05, 0) is 30.2 Å². The SMILES string of the molecule is O=C(c1cccnc1)C1CNCCN1C(=O)c1cccc2c1NCC2. The molecule has 3 heterocycles. The number of piperazine rings is 1. The molecule has 0 bridgehead atoms. The van der Waals surface area contributed by atoms with Crippen LogP contribution in [-0.2, 0) is 6.42 Å². The number of fused-ring (bicyclic) bond motifs is 1. The monoisotopic (exact) mass is 336 g/mol. The number of rotatable bonds is 3. The second kappa shape index (κ2) is 6.64. The normalized spacial score (nSPS) is 19.2. The highest BCUT2D eigenvalue weighted by atomic mass is 16.2. The topological polar surface area (TPSA) is 74.3 Å². The first kappa shape index (κ1) is 15.8. The third kappa shape index (κ3) is 2.89. The number of carbonyl (C=O) groups excluding carboxylic acids is 2. The van der Waals surface area contributed by atoms with Gasteiger partial charge in [-0.3, -0.25) is 14.6 Å². The molecule has 6 nitrogen and oxygen atoms in total. The second-order valence-electron chi connectivity index (χ2n) is 6.34. The Morgan fingerprint density at radius 2 is 2.08 bits per heavy atom. The lowest BCUT2D eigenvalue weighted by molar-refractivity contribution is 0.0570. The minimum Gasteiger partial charge on any atom is -0.384 e.